The van der Waals surface area contributed by atoms with E-state index in [9.17, 15) is 4.79 Å². The number of aromatic nitrogens is 1. The first-order chi connectivity index (χ1) is 11.4. The van der Waals surface area contributed by atoms with E-state index in [4.69, 9.17) is 39.5 Å². The minimum atomic E-state index is -0.703. The van der Waals surface area contributed by atoms with Crippen LogP contribution in [0.15, 0.2) is 42.5 Å². The van der Waals surface area contributed by atoms with E-state index in [1.54, 1.807) is 12.1 Å². The molecule has 3 aromatic rings. The van der Waals surface area contributed by atoms with Crippen LogP contribution in [0.4, 0.5) is 10.5 Å². The number of halogens is 3. The van der Waals surface area contributed by atoms with Crippen LogP contribution in [0.3, 0.4) is 0 Å². The van der Waals surface area contributed by atoms with Gasteiger partial charge in [-0.25, -0.2) is 9.78 Å². The summed E-state index contributed by atoms with van der Waals surface area (Å²) in [6.07, 6.45) is -0.703. The highest BCUT2D eigenvalue weighted by Gasteiger charge is 2.13. The molecule has 4 nitrogen and oxygen atoms in total. The Morgan fingerprint density at radius 2 is 1.79 bits per heavy atom. The van der Waals surface area contributed by atoms with E-state index >= 15 is 0 Å². The molecule has 7 heteroatoms. The van der Waals surface area contributed by atoms with Gasteiger partial charge < -0.3 is 4.74 Å². The van der Waals surface area contributed by atoms with Crippen molar-refractivity contribution in [2.45, 2.75) is 6.92 Å². The number of carbonyl (C=O) groups excluding carboxylic acids is 1. The van der Waals surface area contributed by atoms with E-state index in [1.165, 1.54) is 12.1 Å². The summed E-state index contributed by atoms with van der Waals surface area (Å²) < 4.78 is 5.36. The molecule has 0 fully saturated rings. The van der Waals surface area contributed by atoms with E-state index in [-0.39, 0.29) is 10.0 Å². The Bertz CT molecular complexity index is 945. The summed E-state index contributed by atoms with van der Waals surface area (Å²) >= 11 is 17.8. The van der Waals surface area contributed by atoms with Crippen molar-refractivity contribution in [1.29, 1.82) is 0 Å². The molecule has 0 aliphatic carbocycles. The second kappa shape index (κ2) is 6.85. The molecule has 0 spiro atoms. The molecule has 0 saturated carbocycles. The Hall–Kier alpha value is -2.01. The lowest BCUT2D eigenvalue weighted by atomic mass is 10.2. The summed E-state index contributed by atoms with van der Waals surface area (Å²) in [5.41, 5.74) is 1.74. The van der Waals surface area contributed by atoms with Gasteiger partial charge >= 0.3 is 6.09 Å². The number of anilines is 1. The number of benzene rings is 2. The summed E-state index contributed by atoms with van der Waals surface area (Å²) in [6.45, 7) is 1.87. The van der Waals surface area contributed by atoms with Gasteiger partial charge in [0, 0.05) is 11.1 Å². The van der Waals surface area contributed by atoms with Gasteiger partial charge in [0.1, 0.15) is 5.52 Å². The fraction of sp³-hybridized carbons (Fsp3) is 0.0588. The second-order valence-corrected chi connectivity index (χ2v) is 6.26. The van der Waals surface area contributed by atoms with Gasteiger partial charge in [-0.2, -0.15) is 0 Å². The maximum absolute atomic E-state index is 12.2. The molecule has 0 aliphatic heterocycles. The number of aryl methyl sites for hydroxylation is 1. The number of nitrogens with one attached hydrogen (secondary N) is 1. The molecule has 0 saturated heterocycles. The van der Waals surface area contributed by atoms with Gasteiger partial charge in [0.2, 0.25) is 0 Å². The van der Waals surface area contributed by atoms with Crippen LogP contribution < -0.4 is 10.1 Å². The van der Waals surface area contributed by atoms with Crippen LogP contribution in [0.5, 0.6) is 5.75 Å². The number of fused-ring (bicyclic) bond motifs is 1. The average Bonchev–Trinajstić information content (AvgIpc) is 2.53. The molecule has 1 heterocycles. The fourth-order valence-electron chi connectivity index (χ4n) is 2.15. The molecule has 2 aromatic carbocycles. The van der Waals surface area contributed by atoms with Crippen LogP contribution >= 0.6 is 34.8 Å². The van der Waals surface area contributed by atoms with Crippen molar-refractivity contribution in [3.05, 3.63) is 63.2 Å². The Labute approximate surface area is 153 Å². The largest absolute Gasteiger partial charge is 0.417 e. The monoisotopic (exact) mass is 380 g/mol. The first kappa shape index (κ1) is 16.8. The highest BCUT2D eigenvalue weighted by atomic mass is 35.5. The normalized spacial score (nSPS) is 10.7. The van der Waals surface area contributed by atoms with Crippen molar-refractivity contribution in [1.82, 2.24) is 4.98 Å². The van der Waals surface area contributed by atoms with Crippen molar-refractivity contribution < 1.29 is 9.53 Å². The van der Waals surface area contributed by atoms with Gasteiger partial charge in [0.25, 0.3) is 0 Å². The van der Waals surface area contributed by atoms with Gasteiger partial charge in [-0.15, -0.1) is 0 Å². The number of ether oxygens (including phenoxy) is 1. The molecule has 24 heavy (non-hydrogen) atoms. The van der Waals surface area contributed by atoms with Crippen LogP contribution in [-0.4, -0.2) is 11.1 Å². The minimum absolute atomic E-state index is 0.258. The van der Waals surface area contributed by atoms with E-state index < -0.39 is 6.09 Å². The van der Waals surface area contributed by atoms with Crippen molar-refractivity contribution >= 4 is 57.5 Å². The number of amides is 1. The third-order valence-electron chi connectivity index (χ3n) is 3.27. The Balaban J connectivity index is 1.86. The number of carbonyl (C=O) groups is 1. The van der Waals surface area contributed by atoms with Gasteiger partial charge in [0.15, 0.2) is 5.75 Å². The van der Waals surface area contributed by atoms with Crippen molar-refractivity contribution in [3.8, 4) is 5.75 Å². The SMILES string of the molecule is Cc1ccc2cccc(OC(=O)Nc3cc(Cl)c(Cl)cc3Cl)c2n1. The molecule has 1 amide bonds. The van der Waals surface area contributed by atoms with E-state index in [0.29, 0.717) is 22.0 Å². The molecular weight excluding hydrogens is 371 g/mol. The molecule has 0 radical (unpaired) electrons. The van der Waals surface area contributed by atoms with E-state index in [1.807, 2.05) is 25.1 Å². The quantitative estimate of drug-likeness (QED) is 0.544. The molecule has 0 aliphatic rings. The zero-order valence-corrected chi connectivity index (χ0v) is 14.7. The maximum atomic E-state index is 12.2. The lowest BCUT2D eigenvalue weighted by Gasteiger charge is -2.10. The summed E-state index contributed by atoms with van der Waals surface area (Å²) in [5, 5.41) is 4.25. The summed E-state index contributed by atoms with van der Waals surface area (Å²) in [5.74, 6) is 0.352. The number of hydrogen-bond donors (Lipinski definition) is 1. The van der Waals surface area contributed by atoms with E-state index in [0.717, 1.165) is 11.1 Å². The Morgan fingerprint density at radius 3 is 2.58 bits per heavy atom. The van der Waals surface area contributed by atoms with Crippen molar-refractivity contribution in [2.24, 2.45) is 0 Å². The molecule has 1 aromatic heterocycles. The highest BCUT2D eigenvalue weighted by Crippen LogP contribution is 2.32. The lowest BCUT2D eigenvalue weighted by Crippen LogP contribution is -2.17. The maximum Gasteiger partial charge on any atom is 0.417 e. The predicted octanol–water partition coefficient (Wildman–Crippen LogP) is 6.11. The smallest absolute Gasteiger partial charge is 0.408 e. The number of rotatable bonds is 2. The molecular formula is C17H11Cl3N2O2. The lowest BCUT2D eigenvalue weighted by molar-refractivity contribution is 0.215. The van der Waals surface area contributed by atoms with Crippen LogP contribution in [0.1, 0.15) is 5.69 Å². The molecule has 1 N–H and O–H groups in total. The van der Waals surface area contributed by atoms with Gasteiger partial charge in [-0.3, -0.25) is 5.32 Å². The summed E-state index contributed by atoms with van der Waals surface area (Å²) in [4.78, 5) is 16.6. The van der Waals surface area contributed by atoms with Gasteiger partial charge in [0.05, 0.1) is 20.8 Å². The second-order valence-electron chi connectivity index (χ2n) is 5.04. The van der Waals surface area contributed by atoms with Crippen LogP contribution in [0.2, 0.25) is 15.1 Å². The predicted molar refractivity (Wildman–Crippen MR) is 97.6 cm³/mol. The highest BCUT2D eigenvalue weighted by molar-refractivity contribution is 6.44. The number of hydrogen-bond acceptors (Lipinski definition) is 3. The van der Waals surface area contributed by atoms with Gasteiger partial charge in [-0.05, 0) is 31.2 Å². The summed E-state index contributed by atoms with van der Waals surface area (Å²) in [7, 11) is 0. The summed E-state index contributed by atoms with van der Waals surface area (Å²) in [6, 6.07) is 12.1. The zero-order valence-electron chi connectivity index (χ0n) is 12.4. The van der Waals surface area contributed by atoms with Crippen molar-refractivity contribution in [3.63, 3.8) is 0 Å². The third-order valence-corrected chi connectivity index (χ3v) is 4.31. The van der Waals surface area contributed by atoms with Crippen molar-refractivity contribution in [2.75, 3.05) is 5.32 Å². The molecule has 0 atom stereocenters. The number of para-hydroxylation sites is 1. The first-order valence-corrected chi connectivity index (χ1v) is 8.07. The first-order valence-electron chi connectivity index (χ1n) is 6.94. The molecule has 122 valence electrons. The number of pyridine rings is 1. The molecule has 0 unspecified atom stereocenters. The Morgan fingerprint density at radius 1 is 1.04 bits per heavy atom. The Kier molecular flexibility index (Phi) is 4.81. The molecule has 3 rings (SSSR count). The van der Waals surface area contributed by atoms with Gasteiger partial charge in [-0.1, -0.05) is 53.0 Å². The fourth-order valence-corrected chi connectivity index (χ4v) is 2.75. The topological polar surface area (TPSA) is 51.2 Å². The number of nitrogens with zero attached hydrogens (tertiary/aromatic N) is 1. The van der Waals surface area contributed by atoms with Crippen LogP contribution in [0.25, 0.3) is 10.9 Å². The minimum Gasteiger partial charge on any atom is -0.408 e. The third kappa shape index (κ3) is 3.56. The zero-order chi connectivity index (χ0) is 17.3. The standard InChI is InChI=1S/C17H11Cl3N2O2/c1-9-5-6-10-3-2-4-15(16(10)21-9)24-17(23)22-14-8-12(19)11(18)7-13(14)20/h2-8H,1H3,(H,22,23). The van der Waals surface area contributed by atoms with E-state index in [2.05, 4.69) is 10.3 Å². The van der Waals surface area contributed by atoms with Crippen LogP contribution in [0, 0.1) is 6.92 Å². The van der Waals surface area contributed by atoms with Crippen LogP contribution in [-0.2, 0) is 0 Å². The average molecular weight is 382 g/mol. The molecule has 0 bridgehead atoms.